The first-order valence-corrected chi connectivity index (χ1v) is 10.2. The number of carbonyl (C=O) groups excluding carboxylic acids is 1. The van der Waals surface area contributed by atoms with Crippen LogP contribution in [0.5, 0.6) is 0 Å². The largest absolute Gasteiger partial charge is 0.374 e. The van der Waals surface area contributed by atoms with Crippen LogP contribution in [-0.4, -0.2) is 17.2 Å². The zero-order valence-electron chi connectivity index (χ0n) is 15.7. The number of hydrogen-bond acceptors (Lipinski definition) is 2. The summed E-state index contributed by atoms with van der Waals surface area (Å²) in [5.74, 6) is 0.00834. The van der Waals surface area contributed by atoms with E-state index in [9.17, 15) is 9.90 Å². The zero-order chi connectivity index (χ0) is 17.2. The SMILES string of the molecule is CCCCCCCCCCCC(=O)NC(O)CCCCCCC. The topological polar surface area (TPSA) is 49.3 Å². The first kappa shape index (κ1) is 22.4. The second-order valence-corrected chi connectivity index (χ2v) is 6.86. The van der Waals surface area contributed by atoms with Gasteiger partial charge in [0.1, 0.15) is 6.23 Å². The lowest BCUT2D eigenvalue weighted by Gasteiger charge is -2.12. The smallest absolute Gasteiger partial charge is 0.221 e. The van der Waals surface area contributed by atoms with Gasteiger partial charge in [-0.1, -0.05) is 90.9 Å². The number of aliphatic hydroxyl groups is 1. The minimum atomic E-state index is -0.650. The van der Waals surface area contributed by atoms with Crippen LogP contribution in [0.25, 0.3) is 0 Å². The summed E-state index contributed by atoms with van der Waals surface area (Å²) >= 11 is 0. The van der Waals surface area contributed by atoms with Crippen LogP contribution >= 0.6 is 0 Å². The summed E-state index contributed by atoms with van der Waals surface area (Å²) in [5, 5.41) is 12.5. The van der Waals surface area contributed by atoms with Crippen LogP contribution in [0.2, 0.25) is 0 Å². The van der Waals surface area contributed by atoms with E-state index < -0.39 is 6.23 Å². The lowest BCUT2D eigenvalue weighted by molar-refractivity contribution is -0.124. The molecule has 0 aliphatic rings. The van der Waals surface area contributed by atoms with E-state index >= 15 is 0 Å². The van der Waals surface area contributed by atoms with Crippen molar-refractivity contribution >= 4 is 5.91 Å². The van der Waals surface area contributed by atoms with Crippen LogP contribution in [-0.2, 0) is 4.79 Å². The van der Waals surface area contributed by atoms with Crippen molar-refractivity contribution in [1.82, 2.24) is 5.32 Å². The molecule has 1 amide bonds. The van der Waals surface area contributed by atoms with Crippen LogP contribution in [0.4, 0.5) is 0 Å². The van der Waals surface area contributed by atoms with Gasteiger partial charge in [-0.05, 0) is 19.3 Å². The molecule has 0 saturated carbocycles. The van der Waals surface area contributed by atoms with Gasteiger partial charge in [0.15, 0.2) is 0 Å². The highest BCUT2D eigenvalue weighted by Gasteiger charge is 2.08. The normalized spacial score (nSPS) is 12.3. The van der Waals surface area contributed by atoms with Gasteiger partial charge in [-0.25, -0.2) is 0 Å². The van der Waals surface area contributed by atoms with Crippen LogP contribution in [0.3, 0.4) is 0 Å². The van der Waals surface area contributed by atoms with Gasteiger partial charge in [-0.3, -0.25) is 4.79 Å². The molecule has 1 unspecified atom stereocenters. The van der Waals surface area contributed by atoms with Crippen molar-refractivity contribution in [3.8, 4) is 0 Å². The molecule has 1 atom stereocenters. The Morgan fingerprint density at radius 1 is 0.739 bits per heavy atom. The third-order valence-corrected chi connectivity index (χ3v) is 4.42. The summed E-state index contributed by atoms with van der Waals surface area (Å²) in [5.41, 5.74) is 0. The summed E-state index contributed by atoms with van der Waals surface area (Å²) in [6, 6.07) is 0. The molecule has 0 saturated heterocycles. The summed E-state index contributed by atoms with van der Waals surface area (Å²) < 4.78 is 0. The fourth-order valence-electron chi connectivity index (χ4n) is 2.87. The molecule has 0 heterocycles. The van der Waals surface area contributed by atoms with Gasteiger partial charge in [0, 0.05) is 6.42 Å². The molecule has 0 bridgehead atoms. The van der Waals surface area contributed by atoms with Gasteiger partial charge < -0.3 is 10.4 Å². The second kappa shape index (κ2) is 17.8. The molecule has 0 aromatic heterocycles. The van der Waals surface area contributed by atoms with Crippen LogP contribution in [0.15, 0.2) is 0 Å². The van der Waals surface area contributed by atoms with Gasteiger partial charge in [0.05, 0.1) is 0 Å². The van der Waals surface area contributed by atoms with Gasteiger partial charge >= 0.3 is 0 Å². The fourth-order valence-corrected chi connectivity index (χ4v) is 2.87. The minimum absolute atomic E-state index is 0.00834. The molecular weight excluding hydrogens is 286 g/mol. The Labute approximate surface area is 144 Å². The van der Waals surface area contributed by atoms with Crippen molar-refractivity contribution in [2.45, 2.75) is 123 Å². The number of nitrogens with one attached hydrogen (secondary N) is 1. The Balaban J connectivity index is 3.32. The van der Waals surface area contributed by atoms with Gasteiger partial charge in [0.2, 0.25) is 5.91 Å². The Kier molecular flexibility index (Phi) is 17.3. The van der Waals surface area contributed by atoms with Gasteiger partial charge in [-0.2, -0.15) is 0 Å². The third kappa shape index (κ3) is 17.6. The predicted molar refractivity (Wildman–Crippen MR) is 99.4 cm³/mol. The molecule has 0 fully saturated rings. The highest BCUT2D eigenvalue weighted by molar-refractivity contribution is 5.75. The molecule has 0 aromatic rings. The summed E-state index contributed by atoms with van der Waals surface area (Å²) in [6.07, 6.45) is 17.8. The summed E-state index contributed by atoms with van der Waals surface area (Å²) in [7, 11) is 0. The molecule has 0 spiro atoms. The zero-order valence-corrected chi connectivity index (χ0v) is 15.7. The lowest BCUT2D eigenvalue weighted by Crippen LogP contribution is -2.34. The predicted octanol–water partition coefficient (Wildman–Crippen LogP) is 5.70. The molecule has 23 heavy (non-hydrogen) atoms. The third-order valence-electron chi connectivity index (χ3n) is 4.42. The maximum Gasteiger partial charge on any atom is 0.221 e. The summed E-state index contributed by atoms with van der Waals surface area (Å²) in [6.45, 7) is 4.44. The van der Waals surface area contributed by atoms with Crippen molar-refractivity contribution in [2.75, 3.05) is 0 Å². The maximum atomic E-state index is 11.7. The fraction of sp³-hybridized carbons (Fsp3) is 0.950. The van der Waals surface area contributed by atoms with Crippen molar-refractivity contribution in [3.05, 3.63) is 0 Å². The molecule has 3 nitrogen and oxygen atoms in total. The van der Waals surface area contributed by atoms with Crippen molar-refractivity contribution in [2.24, 2.45) is 0 Å². The van der Waals surface area contributed by atoms with E-state index in [2.05, 4.69) is 19.2 Å². The van der Waals surface area contributed by atoms with E-state index in [1.165, 1.54) is 64.2 Å². The van der Waals surface area contributed by atoms with Crippen molar-refractivity contribution in [3.63, 3.8) is 0 Å². The second-order valence-electron chi connectivity index (χ2n) is 6.86. The average Bonchev–Trinajstić information content (AvgIpc) is 2.53. The number of unbranched alkanes of at least 4 members (excludes halogenated alkanes) is 12. The molecule has 0 rings (SSSR count). The maximum absolute atomic E-state index is 11.7. The number of amides is 1. The summed E-state index contributed by atoms with van der Waals surface area (Å²) in [4.78, 5) is 11.7. The van der Waals surface area contributed by atoms with Crippen LogP contribution in [0.1, 0.15) is 117 Å². The first-order valence-electron chi connectivity index (χ1n) is 10.2. The van der Waals surface area contributed by atoms with E-state index in [0.717, 1.165) is 25.7 Å². The molecule has 3 heteroatoms. The average molecular weight is 328 g/mol. The highest BCUT2D eigenvalue weighted by atomic mass is 16.3. The molecule has 0 aliphatic heterocycles. The molecule has 138 valence electrons. The number of hydrogen-bond donors (Lipinski definition) is 2. The van der Waals surface area contributed by atoms with Crippen molar-refractivity contribution in [1.29, 1.82) is 0 Å². The molecular formula is C20H41NO2. The van der Waals surface area contributed by atoms with E-state index in [-0.39, 0.29) is 5.91 Å². The van der Waals surface area contributed by atoms with Gasteiger partial charge in [0.25, 0.3) is 0 Å². The minimum Gasteiger partial charge on any atom is -0.374 e. The Morgan fingerprint density at radius 2 is 1.17 bits per heavy atom. The molecule has 0 radical (unpaired) electrons. The van der Waals surface area contributed by atoms with E-state index in [4.69, 9.17) is 0 Å². The lowest BCUT2D eigenvalue weighted by atomic mass is 10.1. The highest BCUT2D eigenvalue weighted by Crippen LogP contribution is 2.11. The Bertz CT molecular complexity index is 256. The molecule has 0 aromatic carbocycles. The van der Waals surface area contributed by atoms with E-state index in [1.54, 1.807) is 0 Å². The number of rotatable bonds is 17. The molecule has 2 N–H and O–H groups in total. The van der Waals surface area contributed by atoms with Crippen molar-refractivity contribution < 1.29 is 9.90 Å². The quantitative estimate of drug-likeness (QED) is 0.266. The monoisotopic (exact) mass is 327 g/mol. The molecule has 0 aliphatic carbocycles. The first-order chi connectivity index (χ1) is 11.2. The van der Waals surface area contributed by atoms with E-state index in [1.807, 2.05) is 0 Å². The Morgan fingerprint density at radius 3 is 1.70 bits per heavy atom. The van der Waals surface area contributed by atoms with Crippen LogP contribution < -0.4 is 5.32 Å². The van der Waals surface area contributed by atoms with Crippen LogP contribution in [0, 0.1) is 0 Å². The number of carbonyl (C=O) groups is 1. The van der Waals surface area contributed by atoms with E-state index in [0.29, 0.717) is 12.8 Å². The standard InChI is InChI=1S/C20H41NO2/c1-3-5-7-9-10-11-12-14-16-18-20(23)21-19(22)17-15-13-8-6-4-2/h19,22H,3-18H2,1-2H3,(H,21,23). The van der Waals surface area contributed by atoms with Gasteiger partial charge in [-0.15, -0.1) is 0 Å². The Hall–Kier alpha value is -0.570. The number of aliphatic hydroxyl groups excluding tert-OH is 1.